The van der Waals surface area contributed by atoms with Crippen LogP contribution >= 0.6 is 23.5 Å². The number of nitrogens with zero attached hydrogens (tertiary/aromatic N) is 12. The first-order valence-electron chi connectivity index (χ1n) is 39.2. The molecule has 0 saturated carbocycles. The molecule has 0 saturated heterocycles. The van der Waals surface area contributed by atoms with Gasteiger partial charge < -0.3 is 4.42 Å². The molecule has 0 spiro atoms. The molecule has 0 aliphatic rings. The number of rotatable bonds is 13. The second-order valence-electron chi connectivity index (χ2n) is 29.2. The van der Waals surface area contributed by atoms with Gasteiger partial charge in [0, 0.05) is 104 Å². The molecule has 15 heteroatoms. The van der Waals surface area contributed by atoms with Crippen molar-refractivity contribution in [3.8, 4) is 146 Å². The maximum absolute atomic E-state index is 6.35. The lowest BCUT2D eigenvalue weighted by Crippen LogP contribution is -2.00. The molecule has 23 rings (SSSR count). The summed E-state index contributed by atoms with van der Waals surface area (Å²) in [6, 6.07) is 129. The Morgan fingerprint density at radius 1 is 0.185 bits per heavy atom. The maximum atomic E-state index is 6.35. The van der Waals surface area contributed by atoms with Crippen molar-refractivity contribution in [3.05, 3.63) is 376 Å². The van der Waals surface area contributed by atoms with Crippen molar-refractivity contribution in [1.29, 1.82) is 0 Å². The van der Waals surface area contributed by atoms with Gasteiger partial charge in [-0.2, -0.15) is 17.5 Å². The summed E-state index contributed by atoms with van der Waals surface area (Å²) in [5.41, 5.74) is 27.0. The lowest BCUT2D eigenvalue weighted by molar-refractivity contribution is 0.670. The second-order valence-corrected chi connectivity index (χ2v) is 30.2. The Bertz CT molecular complexity index is 7760. The van der Waals surface area contributed by atoms with Crippen molar-refractivity contribution < 1.29 is 4.42 Å². The second kappa shape index (κ2) is 29.9. The van der Waals surface area contributed by atoms with E-state index in [9.17, 15) is 0 Å². The Balaban J connectivity index is 0.000000143. The predicted molar refractivity (Wildman–Crippen MR) is 485 cm³/mol. The summed E-state index contributed by atoms with van der Waals surface area (Å²) in [7, 11) is 0. The monoisotopic (exact) mass is 1560 g/mol. The minimum atomic E-state index is 0.586. The van der Waals surface area contributed by atoms with E-state index < -0.39 is 0 Å². The van der Waals surface area contributed by atoms with Gasteiger partial charge in [-0.3, -0.25) is 0 Å². The van der Waals surface area contributed by atoms with E-state index in [-0.39, 0.29) is 0 Å². The highest BCUT2D eigenvalue weighted by molar-refractivity contribution is 7.00. The molecule has 0 fully saturated rings. The lowest BCUT2D eigenvalue weighted by atomic mass is 9.93. The highest BCUT2D eigenvalue weighted by Crippen LogP contribution is 2.46. The minimum Gasteiger partial charge on any atom is -0.455 e. The number of furan rings is 1. The zero-order chi connectivity index (χ0) is 78.7. The van der Waals surface area contributed by atoms with Crippen LogP contribution < -0.4 is 0 Å². The molecule has 0 atom stereocenters. The average Bonchev–Trinajstić information content (AvgIpc) is 1.73. The van der Waals surface area contributed by atoms with Crippen LogP contribution in [0.2, 0.25) is 0 Å². The molecule has 13 nitrogen and oxygen atoms in total. The van der Waals surface area contributed by atoms with Gasteiger partial charge in [0.05, 0.1) is 45.9 Å². The fraction of sp³-hybridized carbons (Fsp3) is 0. The highest BCUT2D eigenvalue weighted by atomic mass is 32.1. The van der Waals surface area contributed by atoms with Crippen molar-refractivity contribution in [2.75, 3.05) is 0 Å². The van der Waals surface area contributed by atoms with Crippen LogP contribution in [0.1, 0.15) is 0 Å². The number of aromatic nitrogens is 12. The van der Waals surface area contributed by atoms with Gasteiger partial charge in [-0.15, -0.1) is 0 Å². The van der Waals surface area contributed by atoms with Crippen LogP contribution in [0.3, 0.4) is 0 Å². The Labute approximate surface area is 690 Å². The van der Waals surface area contributed by atoms with Crippen LogP contribution in [-0.4, -0.2) is 57.4 Å². The normalized spacial score (nSPS) is 11.5. The number of fused-ring (bicyclic) bond motifs is 13. The van der Waals surface area contributed by atoms with Gasteiger partial charge in [-0.1, -0.05) is 328 Å². The Morgan fingerprint density at radius 2 is 0.487 bits per heavy atom. The number of pyridine rings is 2. The summed E-state index contributed by atoms with van der Waals surface area (Å²) in [6.45, 7) is 0. The van der Waals surface area contributed by atoms with E-state index in [2.05, 4.69) is 261 Å². The zero-order valence-corrected chi connectivity index (χ0v) is 65.0. The molecule has 0 aliphatic heterocycles. The summed E-state index contributed by atoms with van der Waals surface area (Å²) in [5.74, 6) is 3.59. The van der Waals surface area contributed by atoms with E-state index in [1.807, 2.05) is 115 Å². The fourth-order valence-electron chi connectivity index (χ4n) is 16.2. The molecule has 0 bridgehead atoms. The Kier molecular flexibility index (Phi) is 17.6. The molecule has 0 N–H and O–H groups in total. The first-order valence-corrected chi connectivity index (χ1v) is 40.6. The molecule has 0 amide bonds. The van der Waals surface area contributed by atoms with Crippen LogP contribution in [0, 0.1) is 0 Å². The summed E-state index contributed by atoms with van der Waals surface area (Å²) in [4.78, 5) is 40.8. The number of hydrogen-bond acceptors (Lipinski definition) is 15. The van der Waals surface area contributed by atoms with Crippen molar-refractivity contribution in [3.63, 3.8) is 0 Å². The van der Waals surface area contributed by atoms with Gasteiger partial charge in [0.15, 0.2) is 34.9 Å². The van der Waals surface area contributed by atoms with Gasteiger partial charge in [-0.05, 0) is 87.5 Å². The molecule has 0 aliphatic carbocycles. The average molecular weight is 1560 g/mol. The molecule has 16 aromatic carbocycles. The zero-order valence-electron chi connectivity index (χ0n) is 63.4. The van der Waals surface area contributed by atoms with Crippen LogP contribution in [0.5, 0.6) is 0 Å². The van der Waals surface area contributed by atoms with Crippen LogP contribution in [-0.2, 0) is 0 Å². The number of benzene rings is 16. The van der Waals surface area contributed by atoms with Crippen LogP contribution in [0.4, 0.5) is 0 Å². The van der Waals surface area contributed by atoms with Crippen molar-refractivity contribution in [2.24, 2.45) is 0 Å². The number of para-hydroxylation sites is 4. The summed E-state index contributed by atoms with van der Waals surface area (Å²) in [6.07, 6.45) is 0. The molecule has 7 heterocycles. The van der Waals surface area contributed by atoms with E-state index in [1.165, 1.54) is 23.5 Å². The maximum Gasteiger partial charge on any atom is 0.164 e. The highest BCUT2D eigenvalue weighted by Gasteiger charge is 2.24. The minimum absolute atomic E-state index is 0.586. The van der Waals surface area contributed by atoms with Gasteiger partial charge in [0.2, 0.25) is 0 Å². The van der Waals surface area contributed by atoms with E-state index >= 15 is 0 Å². The van der Waals surface area contributed by atoms with E-state index in [0.29, 0.717) is 34.9 Å². The van der Waals surface area contributed by atoms with Crippen LogP contribution in [0.15, 0.2) is 381 Å². The molecule has 556 valence electrons. The predicted octanol–water partition coefficient (Wildman–Crippen LogP) is 26.7. The van der Waals surface area contributed by atoms with Gasteiger partial charge >= 0.3 is 0 Å². The van der Waals surface area contributed by atoms with E-state index in [4.69, 9.17) is 61.8 Å². The topological polar surface area (TPSA) is 168 Å². The fourth-order valence-corrected chi connectivity index (χ4v) is 17.4. The molecule has 23 aromatic rings. The molecular formula is C104H62N12OS2. The van der Waals surface area contributed by atoms with Gasteiger partial charge in [0.1, 0.15) is 33.2 Å². The van der Waals surface area contributed by atoms with E-state index in [0.717, 1.165) is 199 Å². The van der Waals surface area contributed by atoms with Crippen molar-refractivity contribution in [2.45, 2.75) is 0 Å². The molecule has 0 radical (unpaired) electrons. The quantitative estimate of drug-likeness (QED) is 0.100. The first kappa shape index (κ1) is 70.0. The third kappa shape index (κ3) is 13.0. The lowest BCUT2D eigenvalue weighted by Gasteiger charge is -2.14. The largest absolute Gasteiger partial charge is 0.455 e. The number of hydrogen-bond donors (Lipinski definition) is 0. The Hall–Kier alpha value is -15.7. The van der Waals surface area contributed by atoms with Gasteiger partial charge in [-0.25, -0.2) is 39.9 Å². The summed E-state index contributed by atoms with van der Waals surface area (Å²) < 4.78 is 25.8. The first-order chi connectivity index (χ1) is 59.0. The van der Waals surface area contributed by atoms with Gasteiger partial charge in [0.25, 0.3) is 0 Å². The summed E-state index contributed by atoms with van der Waals surface area (Å²) >= 11 is 2.47. The standard InChI is InChI=1S/C52H30N6OS.C52H32N6S/c1-3-12-33(13-4-1)46-42-30-41(47-48(58-60-57-47)45(42)40-17-7-9-20-43(40)53-46)32-24-28-36(29-25-32)52-55-50(34-14-5-2-6-15-34)54-51(56-52)35-26-22-31(23-27-35)37-18-11-19-39-38-16-8-10-21-44(38)59-49(37)39;1-5-15-33(16-6-1)39-29-40(34-17-7-2-8-18-34)31-41(30-39)52-55-50(37-21-11-4-12-22-37)54-51(56-52)38-27-25-35(26-28-38)43-32-44-46(49-48(43)57-59-58-49)42-23-13-14-24-45(42)53-47(44)36-19-9-3-10-20-36/h1-30H;1-32H. The molecule has 7 aromatic heterocycles. The summed E-state index contributed by atoms with van der Waals surface area (Å²) in [5, 5.41) is 8.54. The van der Waals surface area contributed by atoms with Crippen molar-refractivity contribution in [1.82, 2.24) is 57.4 Å². The van der Waals surface area contributed by atoms with E-state index in [1.54, 1.807) is 0 Å². The molecular weight excluding hydrogens is 1500 g/mol. The Morgan fingerprint density at radius 3 is 0.899 bits per heavy atom. The smallest absolute Gasteiger partial charge is 0.164 e. The molecule has 0 unspecified atom stereocenters. The van der Waals surface area contributed by atoms with Crippen molar-refractivity contribution >= 4 is 111 Å². The third-order valence-electron chi connectivity index (χ3n) is 22.0. The SMILES string of the molecule is c1ccc(-c2cc(-c3ccccc3)cc(-c3nc(-c4ccccc4)nc(-c4ccc(-c5cc6c(-c7ccccc7)nc7ccccc7c6c6nsnc56)cc4)n3)c2)cc1.c1ccc(-c2nc(-c3ccc(-c4cc5c(-c6ccccc6)nc6ccccc6c5c5nsnc45)cc3)nc(-c3ccc(-c4cccc5c4oc4ccccc45)cc3)n2)cc1. The van der Waals surface area contributed by atoms with Crippen LogP contribution in [0.25, 0.3) is 234 Å². The third-order valence-corrected chi connectivity index (χ3v) is 23.1. The molecule has 119 heavy (non-hydrogen) atoms.